The highest BCUT2D eigenvalue weighted by molar-refractivity contribution is 7.10. The van der Waals surface area contributed by atoms with E-state index in [1.807, 2.05) is 42.5 Å². The van der Waals surface area contributed by atoms with Gasteiger partial charge in [0.05, 0.1) is 24.8 Å². The predicted molar refractivity (Wildman–Crippen MR) is 114 cm³/mol. The van der Waals surface area contributed by atoms with Gasteiger partial charge in [-0.15, -0.1) is 0 Å². The molecular weight excluding hydrogens is 404 g/mol. The lowest BCUT2D eigenvalue weighted by Gasteiger charge is -2.32. The molecule has 1 aromatic heterocycles. The van der Waals surface area contributed by atoms with Crippen LogP contribution in [0.1, 0.15) is 22.8 Å². The molecule has 0 aliphatic carbocycles. The highest BCUT2D eigenvalue weighted by Gasteiger charge is 2.38. The maximum absolute atomic E-state index is 13.3. The van der Waals surface area contributed by atoms with E-state index in [-0.39, 0.29) is 29.7 Å². The van der Waals surface area contributed by atoms with Crippen LogP contribution in [-0.4, -0.2) is 30.7 Å². The molecule has 1 aliphatic rings. The summed E-state index contributed by atoms with van der Waals surface area (Å²) in [5, 5.41) is 0. The number of hydrogen-bond acceptors (Lipinski definition) is 6. The quantitative estimate of drug-likeness (QED) is 0.588. The van der Waals surface area contributed by atoms with Crippen molar-refractivity contribution in [2.45, 2.75) is 18.9 Å². The number of ether oxygens (including phenoxy) is 2. The third kappa shape index (κ3) is 3.50. The first-order valence-corrected chi connectivity index (χ1v) is 10.2. The molecule has 2 heterocycles. The van der Waals surface area contributed by atoms with Crippen LogP contribution in [0, 0.1) is 0 Å². The zero-order chi connectivity index (χ0) is 21.3. The Morgan fingerprint density at radius 2 is 1.77 bits per heavy atom. The third-order valence-corrected chi connectivity index (χ3v) is 6.18. The van der Waals surface area contributed by atoms with E-state index in [4.69, 9.17) is 9.47 Å². The molecule has 1 atom stereocenters. The van der Waals surface area contributed by atoms with Crippen molar-refractivity contribution in [1.29, 1.82) is 0 Å². The van der Waals surface area contributed by atoms with Crippen molar-refractivity contribution in [2.75, 3.05) is 19.1 Å². The number of anilines is 2. The van der Waals surface area contributed by atoms with E-state index in [1.54, 1.807) is 19.2 Å². The van der Waals surface area contributed by atoms with Gasteiger partial charge in [0.2, 0.25) is 5.91 Å². The second-order valence-electron chi connectivity index (χ2n) is 6.81. The molecule has 0 unspecified atom stereocenters. The van der Waals surface area contributed by atoms with Gasteiger partial charge in [0.25, 0.3) is 0 Å². The minimum absolute atomic E-state index is 0.147. The standard InChI is InChI=1S/C22H20N2O5S/c1-28-16-10-8-14(9-11-16)17-12-18(25)24(15-6-4-3-5-7-15)21-20(17)30-22(27)23(21)13-19(26)29-2/h3-11,17H,12-13H2,1-2H3/t17-/m0/s1. The van der Waals surface area contributed by atoms with Crippen molar-refractivity contribution in [1.82, 2.24) is 4.57 Å². The molecule has 154 valence electrons. The summed E-state index contributed by atoms with van der Waals surface area (Å²) >= 11 is 1.06. The minimum atomic E-state index is -0.551. The number of carbonyl (C=O) groups excluding carboxylic acids is 2. The number of rotatable bonds is 5. The first-order valence-electron chi connectivity index (χ1n) is 9.35. The van der Waals surface area contributed by atoms with Crippen LogP contribution in [0.2, 0.25) is 0 Å². The van der Waals surface area contributed by atoms with E-state index in [2.05, 4.69) is 0 Å². The summed E-state index contributed by atoms with van der Waals surface area (Å²) in [6, 6.07) is 16.6. The predicted octanol–water partition coefficient (Wildman–Crippen LogP) is 3.29. The Morgan fingerprint density at radius 1 is 1.07 bits per heavy atom. The zero-order valence-electron chi connectivity index (χ0n) is 16.5. The number of methoxy groups -OCH3 is 2. The molecule has 3 aromatic rings. The van der Waals surface area contributed by atoms with E-state index < -0.39 is 5.97 Å². The van der Waals surface area contributed by atoms with Crippen LogP contribution in [-0.2, 0) is 20.9 Å². The molecule has 8 heteroatoms. The maximum atomic E-state index is 13.3. The first kappa shape index (κ1) is 19.9. The lowest BCUT2D eigenvalue weighted by atomic mass is 9.90. The van der Waals surface area contributed by atoms with E-state index in [0.29, 0.717) is 17.3 Å². The number of thiazole rings is 1. The average Bonchev–Trinajstić information content (AvgIpc) is 3.09. The van der Waals surface area contributed by atoms with Crippen molar-refractivity contribution in [3.8, 4) is 5.75 Å². The normalized spacial score (nSPS) is 15.6. The Labute approximate surface area is 177 Å². The van der Waals surface area contributed by atoms with Crippen LogP contribution in [0.15, 0.2) is 59.4 Å². The molecule has 30 heavy (non-hydrogen) atoms. The summed E-state index contributed by atoms with van der Waals surface area (Å²) in [4.78, 5) is 40.0. The van der Waals surface area contributed by atoms with Crippen molar-refractivity contribution >= 4 is 34.7 Å². The monoisotopic (exact) mass is 424 g/mol. The number of nitrogens with zero attached hydrogens (tertiary/aromatic N) is 2. The van der Waals surface area contributed by atoms with Crippen LogP contribution >= 0.6 is 11.3 Å². The van der Waals surface area contributed by atoms with Crippen LogP contribution in [0.3, 0.4) is 0 Å². The molecule has 4 rings (SSSR count). The second kappa shape index (κ2) is 8.16. The van der Waals surface area contributed by atoms with Crippen LogP contribution < -0.4 is 14.5 Å². The van der Waals surface area contributed by atoms with Crippen LogP contribution in [0.25, 0.3) is 0 Å². The Balaban J connectivity index is 1.89. The maximum Gasteiger partial charge on any atom is 0.325 e. The molecule has 2 aromatic carbocycles. The van der Waals surface area contributed by atoms with E-state index in [9.17, 15) is 14.4 Å². The molecule has 0 bridgehead atoms. The van der Waals surface area contributed by atoms with Gasteiger partial charge in [0, 0.05) is 12.3 Å². The molecule has 0 N–H and O–H groups in total. The average molecular weight is 424 g/mol. The number of benzene rings is 2. The summed E-state index contributed by atoms with van der Waals surface area (Å²) in [5.41, 5.74) is 1.55. The Kier molecular flexibility index (Phi) is 5.41. The van der Waals surface area contributed by atoms with Gasteiger partial charge in [-0.1, -0.05) is 41.7 Å². The van der Waals surface area contributed by atoms with Crippen LogP contribution in [0.5, 0.6) is 5.75 Å². The molecule has 1 aliphatic heterocycles. The van der Waals surface area contributed by atoms with Crippen LogP contribution in [0.4, 0.5) is 11.5 Å². The van der Waals surface area contributed by atoms with Gasteiger partial charge in [-0.2, -0.15) is 0 Å². The molecule has 0 spiro atoms. The number of amides is 1. The Hall–Kier alpha value is -3.39. The SMILES string of the molecule is COC(=O)Cn1c2c(sc1=O)[C@H](c1ccc(OC)cc1)CC(=O)N2c1ccccc1. The highest BCUT2D eigenvalue weighted by atomic mass is 32.1. The van der Waals surface area contributed by atoms with Gasteiger partial charge in [-0.25, -0.2) is 0 Å². The minimum Gasteiger partial charge on any atom is -0.497 e. The smallest absolute Gasteiger partial charge is 0.325 e. The van der Waals surface area contributed by atoms with E-state index in [1.165, 1.54) is 16.6 Å². The fourth-order valence-electron chi connectivity index (χ4n) is 3.63. The molecule has 7 nitrogen and oxygen atoms in total. The van der Waals surface area contributed by atoms with E-state index >= 15 is 0 Å². The van der Waals surface area contributed by atoms with Gasteiger partial charge in [0.15, 0.2) is 0 Å². The van der Waals surface area contributed by atoms with Gasteiger partial charge in [-0.3, -0.25) is 23.9 Å². The lowest BCUT2D eigenvalue weighted by Crippen LogP contribution is -2.36. The highest BCUT2D eigenvalue weighted by Crippen LogP contribution is 2.44. The number of fused-ring (bicyclic) bond motifs is 1. The number of carbonyl (C=O) groups is 2. The van der Waals surface area contributed by atoms with Crippen molar-refractivity contribution in [2.24, 2.45) is 0 Å². The largest absolute Gasteiger partial charge is 0.497 e. The second-order valence-corrected chi connectivity index (χ2v) is 7.81. The Bertz CT molecular complexity index is 1130. The number of aromatic nitrogens is 1. The van der Waals surface area contributed by atoms with Crippen molar-refractivity contribution in [3.05, 3.63) is 74.7 Å². The number of esters is 1. The van der Waals surface area contributed by atoms with Gasteiger partial charge < -0.3 is 9.47 Å². The summed E-state index contributed by atoms with van der Waals surface area (Å²) in [7, 11) is 2.86. The fourth-order valence-corrected chi connectivity index (χ4v) is 4.73. The molecular formula is C22H20N2O5S. The van der Waals surface area contributed by atoms with Gasteiger partial charge in [0.1, 0.15) is 18.1 Å². The Morgan fingerprint density at radius 3 is 2.40 bits per heavy atom. The summed E-state index contributed by atoms with van der Waals surface area (Å²) in [5.74, 6) is 0.160. The zero-order valence-corrected chi connectivity index (χ0v) is 17.3. The molecule has 0 fully saturated rings. The topological polar surface area (TPSA) is 77.8 Å². The fraction of sp³-hybridized carbons (Fsp3) is 0.227. The van der Waals surface area contributed by atoms with Gasteiger partial charge in [-0.05, 0) is 29.8 Å². The lowest BCUT2D eigenvalue weighted by molar-refractivity contribution is -0.141. The van der Waals surface area contributed by atoms with E-state index in [0.717, 1.165) is 21.8 Å². The first-order chi connectivity index (χ1) is 14.5. The number of para-hydroxylation sites is 1. The third-order valence-electron chi connectivity index (χ3n) is 5.10. The molecule has 0 saturated carbocycles. The summed E-state index contributed by atoms with van der Waals surface area (Å²) in [6.07, 6.45) is 0.215. The van der Waals surface area contributed by atoms with Crippen molar-refractivity contribution < 1.29 is 19.1 Å². The number of hydrogen-bond donors (Lipinski definition) is 0. The molecule has 0 saturated heterocycles. The van der Waals surface area contributed by atoms with Crippen molar-refractivity contribution in [3.63, 3.8) is 0 Å². The molecule has 0 radical (unpaired) electrons. The molecule has 1 amide bonds. The van der Waals surface area contributed by atoms with Gasteiger partial charge >= 0.3 is 10.8 Å². The summed E-state index contributed by atoms with van der Waals surface area (Å²) < 4.78 is 11.3. The summed E-state index contributed by atoms with van der Waals surface area (Å²) in [6.45, 7) is -0.257.